The van der Waals surface area contributed by atoms with Crippen molar-refractivity contribution in [2.24, 2.45) is 0 Å². The van der Waals surface area contributed by atoms with Gasteiger partial charge in [0, 0.05) is 17.1 Å². The average molecular weight is 510 g/mol. The number of hydrogen-bond acceptors (Lipinski definition) is 5. The van der Waals surface area contributed by atoms with Gasteiger partial charge in [-0.1, -0.05) is 84.9 Å². The van der Waals surface area contributed by atoms with E-state index in [2.05, 4.69) is 73.9 Å². The molecule has 0 aliphatic carbocycles. The molecular formula is C30H31N5OS. The van der Waals surface area contributed by atoms with E-state index in [1.165, 1.54) is 22.3 Å². The highest BCUT2D eigenvalue weighted by Gasteiger charge is 2.34. The van der Waals surface area contributed by atoms with Crippen LogP contribution >= 0.6 is 11.8 Å². The molecule has 0 saturated carbocycles. The Kier molecular flexibility index (Phi) is 7.15. The van der Waals surface area contributed by atoms with Crippen molar-refractivity contribution in [2.75, 3.05) is 10.6 Å². The summed E-state index contributed by atoms with van der Waals surface area (Å²) in [6.07, 6.45) is 0.955. The Morgan fingerprint density at radius 3 is 2.51 bits per heavy atom. The molecular weight excluding hydrogens is 478 g/mol. The van der Waals surface area contributed by atoms with Crippen molar-refractivity contribution in [3.8, 4) is 0 Å². The van der Waals surface area contributed by atoms with Gasteiger partial charge in [0.2, 0.25) is 11.1 Å². The second-order valence-corrected chi connectivity index (χ2v) is 10.3. The molecule has 4 aromatic rings. The second kappa shape index (κ2) is 10.6. The van der Waals surface area contributed by atoms with Crippen molar-refractivity contribution in [3.63, 3.8) is 0 Å². The zero-order chi connectivity index (χ0) is 25.9. The Morgan fingerprint density at radius 2 is 1.78 bits per heavy atom. The van der Waals surface area contributed by atoms with Crippen LogP contribution in [0.2, 0.25) is 0 Å². The number of allylic oxidation sites excluding steroid dienone is 1. The van der Waals surface area contributed by atoms with E-state index < -0.39 is 6.04 Å². The zero-order valence-electron chi connectivity index (χ0n) is 21.6. The van der Waals surface area contributed by atoms with Crippen LogP contribution in [0.1, 0.15) is 47.7 Å². The van der Waals surface area contributed by atoms with E-state index in [0.717, 1.165) is 29.1 Å². The molecule has 2 N–H and O–H groups in total. The number of nitrogens with zero attached hydrogens (tertiary/aromatic N) is 3. The third kappa shape index (κ3) is 5.32. The number of anilines is 2. The lowest BCUT2D eigenvalue weighted by atomic mass is 9.94. The van der Waals surface area contributed by atoms with E-state index >= 15 is 0 Å². The van der Waals surface area contributed by atoms with E-state index in [9.17, 15) is 4.79 Å². The molecule has 1 aromatic heterocycles. The van der Waals surface area contributed by atoms with Gasteiger partial charge in [-0.25, -0.2) is 4.68 Å². The summed E-state index contributed by atoms with van der Waals surface area (Å²) < 4.78 is 1.85. The molecule has 1 amide bonds. The fourth-order valence-electron chi connectivity index (χ4n) is 4.55. The van der Waals surface area contributed by atoms with Gasteiger partial charge in [0.1, 0.15) is 6.04 Å². The van der Waals surface area contributed by atoms with Gasteiger partial charge in [0.25, 0.3) is 5.91 Å². The molecule has 0 unspecified atom stereocenters. The summed E-state index contributed by atoms with van der Waals surface area (Å²) in [7, 11) is 0. The Hall–Kier alpha value is -3.84. The molecule has 0 fully saturated rings. The largest absolute Gasteiger partial charge is 0.328 e. The van der Waals surface area contributed by atoms with Gasteiger partial charge in [-0.3, -0.25) is 4.79 Å². The number of aryl methyl sites for hydroxylation is 3. The third-order valence-corrected chi connectivity index (χ3v) is 7.56. The number of aromatic nitrogens is 3. The molecule has 2 heterocycles. The molecule has 0 bridgehead atoms. The first kappa shape index (κ1) is 24.8. The van der Waals surface area contributed by atoms with Crippen molar-refractivity contribution in [3.05, 3.63) is 112 Å². The maximum Gasteiger partial charge on any atom is 0.255 e. The molecule has 188 valence electrons. The first-order valence-corrected chi connectivity index (χ1v) is 13.5. The summed E-state index contributed by atoms with van der Waals surface area (Å²) in [5.41, 5.74) is 8.15. The van der Waals surface area contributed by atoms with Crippen molar-refractivity contribution < 1.29 is 4.79 Å². The quantitative estimate of drug-likeness (QED) is 0.272. The minimum atomic E-state index is -0.395. The Balaban J connectivity index is 1.49. The molecule has 1 aliphatic heterocycles. The molecule has 6 nitrogen and oxygen atoms in total. The first-order chi connectivity index (χ1) is 17.9. The molecule has 7 heteroatoms. The van der Waals surface area contributed by atoms with Crippen LogP contribution in [0.15, 0.2) is 89.2 Å². The second-order valence-electron chi connectivity index (χ2n) is 9.36. The Morgan fingerprint density at radius 1 is 1.03 bits per heavy atom. The maximum atomic E-state index is 13.6. The van der Waals surface area contributed by atoms with Crippen molar-refractivity contribution in [1.29, 1.82) is 0 Å². The number of hydrogen-bond donors (Lipinski definition) is 2. The molecule has 1 atom stereocenters. The lowest BCUT2D eigenvalue weighted by Gasteiger charge is -2.28. The number of carbonyl (C=O) groups excluding carboxylic acids is 1. The van der Waals surface area contributed by atoms with Crippen molar-refractivity contribution >= 4 is 29.3 Å². The van der Waals surface area contributed by atoms with Crippen LogP contribution in [0.4, 0.5) is 11.6 Å². The van der Waals surface area contributed by atoms with Crippen LogP contribution in [0.3, 0.4) is 0 Å². The van der Waals surface area contributed by atoms with E-state index in [1.54, 1.807) is 11.8 Å². The molecule has 0 radical (unpaired) electrons. The molecule has 0 saturated heterocycles. The summed E-state index contributed by atoms with van der Waals surface area (Å²) in [5.74, 6) is 1.26. The van der Waals surface area contributed by atoms with E-state index in [0.29, 0.717) is 16.7 Å². The van der Waals surface area contributed by atoms with E-state index in [-0.39, 0.29) is 5.91 Å². The molecule has 37 heavy (non-hydrogen) atoms. The van der Waals surface area contributed by atoms with E-state index in [4.69, 9.17) is 10.1 Å². The van der Waals surface area contributed by atoms with Gasteiger partial charge in [-0.15, -0.1) is 5.10 Å². The monoisotopic (exact) mass is 509 g/mol. The van der Waals surface area contributed by atoms with Gasteiger partial charge in [0.05, 0.1) is 5.57 Å². The summed E-state index contributed by atoms with van der Waals surface area (Å²) in [6.45, 7) is 8.30. The number of amides is 1. The first-order valence-electron chi connectivity index (χ1n) is 12.5. The van der Waals surface area contributed by atoms with Crippen molar-refractivity contribution in [1.82, 2.24) is 14.8 Å². The maximum absolute atomic E-state index is 13.6. The third-order valence-electron chi connectivity index (χ3n) is 6.67. The van der Waals surface area contributed by atoms with Crippen LogP contribution in [-0.2, 0) is 17.0 Å². The molecule has 5 rings (SSSR count). The standard InChI is InChI=1S/C30H31N5OS/c1-5-22-13-15-23(16-14-22)27-26(28(36)32-25-9-7-6-8-10-25)21(4)31-29-33-30(34-35(27)29)37-18-24-17-19(2)11-12-20(24)3/h6-17,27H,5,18H2,1-4H3,(H,32,36)(H,31,33,34)/t27-/m1/s1. The predicted octanol–water partition coefficient (Wildman–Crippen LogP) is 6.68. The van der Waals surface area contributed by atoms with Crippen molar-refractivity contribution in [2.45, 2.75) is 51.1 Å². The number of para-hydroxylation sites is 1. The van der Waals surface area contributed by atoms with Gasteiger partial charge >= 0.3 is 0 Å². The zero-order valence-corrected chi connectivity index (χ0v) is 22.4. The molecule has 0 spiro atoms. The predicted molar refractivity (Wildman–Crippen MR) is 151 cm³/mol. The molecule has 3 aromatic carbocycles. The fraction of sp³-hybridized carbons (Fsp3) is 0.233. The lowest BCUT2D eigenvalue weighted by Crippen LogP contribution is -2.31. The topological polar surface area (TPSA) is 71.8 Å². The molecule has 1 aliphatic rings. The van der Waals surface area contributed by atoms with Gasteiger partial charge in [-0.2, -0.15) is 4.98 Å². The summed E-state index contributed by atoms with van der Waals surface area (Å²) in [6, 6.07) is 24.0. The average Bonchev–Trinajstić information content (AvgIpc) is 3.31. The number of fused-ring (bicyclic) bond motifs is 1. The lowest BCUT2D eigenvalue weighted by molar-refractivity contribution is -0.113. The van der Waals surface area contributed by atoms with Crippen LogP contribution in [0.5, 0.6) is 0 Å². The number of carbonyl (C=O) groups is 1. The van der Waals surface area contributed by atoms with Crippen LogP contribution in [0.25, 0.3) is 0 Å². The normalized spacial score (nSPS) is 14.8. The highest BCUT2D eigenvalue weighted by atomic mass is 32.2. The number of rotatable bonds is 7. The highest BCUT2D eigenvalue weighted by molar-refractivity contribution is 7.98. The number of nitrogens with one attached hydrogen (secondary N) is 2. The summed E-state index contributed by atoms with van der Waals surface area (Å²) in [4.78, 5) is 18.4. The smallest absolute Gasteiger partial charge is 0.255 e. The Labute approximate surface area is 222 Å². The van der Waals surface area contributed by atoms with Gasteiger partial charge < -0.3 is 10.6 Å². The van der Waals surface area contributed by atoms with Crippen LogP contribution in [0, 0.1) is 13.8 Å². The van der Waals surface area contributed by atoms with Gasteiger partial charge in [-0.05, 0) is 61.6 Å². The van der Waals surface area contributed by atoms with Gasteiger partial charge in [0.15, 0.2) is 0 Å². The van der Waals surface area contributed by atoms with Crippen LogP contribution in [-0.4, -0.2) is 20.7 Å². The minimum absolute atomic E-state index is 0.161. The number of thioether (sulfide) groups is 1. The Bertz CT molecular complexity index is 1460. The minimum Gasteiger partial charge on any atom is -0.328 e. The van der Waals surface area contributed by atoms with Crippen LogP contribution < -0.4 is 10.6 Å². The summed E-state index contributed by atoms with van der Waals surface area (Å²) >= 11 is 1.60. The summed E-state index contributed by atoms with van der Waals surface area (Å²) in [5, 5.41) is 12.0. The number of benzene rings is 3. The fourth-order valence-corrected chi connectivity index (χ4v) is 5.44. The highest BCUT2D eigenvalue weighted by Crippen LogP contribution is 2.37. The van der Waals surface area contributed by atoms with E-state index in [1.807, 2.05) is 41.9 Å². The SMILES string of the molecule is CCc1ccc([C@@H]2C(C(=O)Nc3ccccc3)=C(C)Nc3nc(SCc4cc(C)ccc4C)nn32)cc1.